The molecule has 3 nitrogen and oxygen atoms in total. The van der Waals surface area contributed by atoms with E-state index in [1.54, 1.807) is 7.11 Å². The van der Waals surface area contributed by atoms with E-state index in [2.05, 4.69) is 49.2 Å². The molecule has 0 aromatic heterocycles. The van der Waals surface area contributed by atoms with Gasteiger partial charge in [-0.25, -0.2) is 0 Å². The third-order valence-corrected chi connectivity index (χ3v) is 3.42. The lowest BCUT2D eigenvalue weighted by Gasteiger charge is -2.30. The van der Waals surface area contributed by atoms with Crippen molar-refractivity contribution in [3.05, 3.63) is 18.2 Å². The number of anilines is 2. The molecule has 1 N–H and O–H groups in total. The Morgan fingerprint density at radius 3 is 2.37 bits per heavy atom. The Morgan fingerprint density at radius 2 is 1.79 bits per heavy atom. The molecule has 1 aromatic rings. The number of piperidine rings is 1. The molecule has 2 rings (SSSR count). The number of nitrogens with zero attached hydrogens (tertiary/aromatic N) is 1. The van der Waals surface area contributed by atoms with Crippen LogP contribution in [-0.4, -0.2) is 25.7 Å². The van der Waals surface area contributed by atoms with Crippen LogP contribution in [-0.2, 0) is 0 Å². The first-order valence-corrected chi connectivity index (χ1v) is 7.21. The van der Waals surface area contributed by atoms with Gasteiger partial charge in [-0.15, -0.1) is 0 Å². The summed E-state index contributed by atoms with van der Waals surface area (Å²) in [6.07, 6.45) is 3.95. The molecule has 0 radical (unpaired) electrons. The predicted molar refractivity (Wildman–Crippen MR) is 82.4 cm³/mol. The van der Waals surface area contributed by atoms with Crippen molar-refractivity contribution in [1.82, 2.24) is 0 Å². The van der Waals surface area contributed by atoms with Gasteiger partial charge in [0.1, 0.15) is 5.75 Å². The van der Waals surface area contributed by atoms with E-state index in [-0.39, 0.29) is 5.54 Å². The number of hydrogen-bond donors (Lipinski definition) is 1. The van der Waals surface area contributed by atoms with Gasteiger partial charge in [0, 0.05) is 30.4 Å². The van der Waals surface area contributed by atoms with E-state index in [0.717, 1.165) is 24.5 Å². The standard InChI is InChI=1S/C16H26N2O/c1-16(2,3)17-14-9-8-13(12-15(14)19-4)18-10-6-5-7-11-18/h8-9,12,17H,5-7,10-11H2,1-4H3. The highest BCUT2D eigenvalue weighted by Crippen LogP contribution is 2.32. The van der Waals surface area contributed by atoms with Crippen LogP contribution in [0, 0.1) is 0 Å². The average Bonchev–Trinajstić information content (AvgIpc) is 2.38. The molecule has 0 aliphatic carbocycles. The molecule has 1 saturated heterocycles. The van der Waals surface area contributed by atoms with E-state index in [4.69, 9.17) is 4.74 Å². The summed E-state index contributed by atoms with van der Waals surface area (Å²) in [5.74, 6) is 0.929. The second-order valence-corrected chi connectivity index (χ2v) is 6.31. The van der Waals surface area contributed by atoms with Crippen molar-refractivity contribution in [3.63, 3.8) is 0 Å². The van der Waals surface area contributed by atoms with Gasteiger partial charge in [-0.3, -0.25) is 0 Å². The first-order valence-electron chi connectivity index (χ1n) is 7.21. The van der Waals surface area contributed by atoms with E-state index in [9.17, 15) is 0 Å². The van der Waals surface area contributed by atoms with Crippen molar-refractivity contribution in [3.8, 4) is 5.75 Å². The van der Waals surface area contributed by atoms with Crippen molar-refractivity contribution >= 4 is 11.4 Å². The highest BCUT2D eigenvalue weighted by atomic mass is 16.5. The van der Waals surface area contributed by atoms with Gasteiger partial charge in [0.15, 0.2) is 0 Å². The molecule has 0 saturated carbocycles. The average molecular weight is 262 g/mol. The van der Waals surface area contributed by atoms with Crippen molar-refractivity contribution in [2.45, 2.75) is 45.6 Å². The first kappa shape index (κ1) is 14.0. The van der Waals surface area contributed by atoms with Gasteiger partial charge >= 0.3 is 0 Å². The van der Waals surface area contributed by atoms with Gasteiger partial charge in [-0.1, -0.05) is 0 Å². The lowest BCUT2D eigenvalue weighted by atomic mass is 10.1. The summed E-state index contributed by atoms with van der Waals surface area (Å²) < 4.78 is 5.53. The molecular formula is C16H26N2O. The minimum absolute atomic E-state index is 0.0416. The summed E-state index contributed by atoms with van der Waals surface area (Å²) in [6, 6.07) is 6.48. The Labute approximate surface area is 116 Å². The van der Waals surface area contributed by atoms with E-state index in [1.807, 2.05) is 0 Å². The summed E-state index contributed by atoms with van der Waals surface area (Å²) >= 11 is 0. The van der Waals surface area contributed by atoms with Crippen molar-refractivity contribution in [2.24, 2.45) is 0 Å². The van der Waals surface area contributed by atoms with Gasteiger partial charge in [-0.2, -0.15) is 0 Å². The SMILES string of the molecule is COc1cc(N2CCCCC2)ccc1NC(C)(C)C. The van der Waals surface area contributed by atoms with E-state index >= 15 is 0 Å². The van der Waals surface area contributed by atoms with Crippen LogP contribution in [0.1, 0.15) is 40.0 Å². The molecule has 1 heterocycles. The van der Waals surface area contributed by atoms with Crippen molar-refractivity contribution in [2.75, 3.05) is 30.4 Å². The van der Waals surface area contributed by atoms with Gasteiger partial charge in [0.2, 0.25) is 0 Å². The van der Waals surface area contributed by atoms with Gasteiger partial charge in [0.25, 0.3) is 0 Å². The Bertz CT molecular complexity index is 417. The summed E-state index contributed by atoms with van der Waals surface area (Å²) in [4.78, 5) is 2.45. The molecule has 1 aliphatic heterocycles. The van der Waals surface area contributed by atoms with Crippen LogP contribution < -0.4 is 15.0 Å². The zero-order valence-corrected chi connectivity index (χ0v) is 12.6. The van der Waals surface area contributed by atoms with Crippen LogP contribution in [0.2, 0.25) is 0 Å². The second kappa shape index (κ2) is 5.72. The summed E-state index contributed by atoms with van der Waals surface area (Å²) in [5, 5.41) is 3.49. The number of nitrogens with one attached hydrogen (secondary N) is 1. The molecule has 1 aromatic carbocycles. The zero-order chi connectivity index (χ0) is 13.9. The molecule has 0 unspecified atom stereocenters. The number of rotatable bonds is 3. The Hall–Kier alpha value is -1.38. The van der Waals surface area contributed by atoms with Crippen LogP contribution in [0.5, 0.6) is 5.75 Å². The van der Waals surface area contributed by atoms with E-state index in [1.165, 1.54) is 24.9 Å². The summed E-state index contributed by atoms with van der Waals surface area (Å²) in [7, 11) is 1.74. The predicted octanol–water partition coefficient (Wildman–Crippen LogP) is 3.90. The Morgan fingerprint density at radius 1 is 1.11 bits per heavy atom. The fraction of sp³-hybridized carbons (Fsp3) is 0.625. The highest BCUT2D eigenvalue weighted by Gasteiger charge is 2.16. The smallest absolute Gasteiger partial charge is 0.144 e. The van der Waals surface area contributed by atoms with Gasteiger partial charge < -0.3 is 15.0 Å². The molecule has 0 bridgehead atoms. The van der Waals surface area contributed by atoms with Gasteiger partial charge in [-0.05, 0) is 52.2 Å². The minimum atomic E-state index is 0.0416. The molecule has 19 heavy (non-hydrogen) atoms. The molecule has 0 amide bonds. The number of benzene rings is 1. The fourth-order valence-electron chi connectivity index (χ4n) is 2.54. The quantitative estimate of drug-likeness (QED) is 0.894. The summed E-state index contributed by atoms with van der Waals surface area (Å²) in [5.41, 5.74) is 2.38. The third kappa shape index (κ3) is 3.79. The lowest BCUT2D eigenvalue weighted by Crippen LogP contribution is -2.29. The fourth-order valence-corrected chi connectivity index (χ4v) is 2.54. The largest absolute Gasteiger partial charge is 0.495 e. The lowest BCUT2D eigenvalue weighted by molar-refractivity contribution is 0.415. The third-order valence-electron chi connectivity index (χ3n) is 3.42. The van der Waals surface area contributed by atoms with Gasteiger partial charge in [0.05, 0.1) is 12.8 Å². The normalized spacial score (nSPS) is 16.3. The maximum Gasteiger partial charge on any atom is 0.144 e. The van der Waals surface area contributed by atoms with Crippen LogP contribution in [0.4, 0.5) is 11.4 Å². The maximum atomic E-state index is 5.53. The molecule has 0 atom stereocenters. The van der Waals surface area contributed by atoms with E-state index < -0.39 is 0 Å². The van der Waals surface area contributed by atoms with E-state index in [0.29, 0.717) is 0 Å². The molecule has 1 aliphatic rings. The minimum Gasteiger partial charge on any atom is -0.495 e. The van der Waals surface area contributed by atoms with Crippen LogP contribution in [0.3, 0.4) is 0 Å². The van der Waals surface area contributed by atoms with Crippen LogP contribution >= 0.6 is 0 Å². The number of hydrogen-bond acceptors (Lipinski definition) is 3. The topological polar surface area (TPSA) is 24.5 Å². The second-order valence-electron chi connectivity index (χ2n) is 6.31. The van der Waals surface area contributed by atoms with Crippen LogP contribution in [0.25, 0.3) is 0 Å². The molecule has 106 valence electrons. The number of methoxy groups -OCH3 is 1. The molecule has 3 heteroatoms. The highest BCUT2D eigenvalue weighted by molar-refractivity contribution is 5.65. The monoisotopic (exact) mass is 262 g/mol. The van der Waals surface area contributed by atoms with Crippen molar-refractivity contribution in [1.29, 1.82) is 0 Å². The molecule has 0 spiro atoms. The molecule has 1 fully saturated rings. The Kier molecular flexibility index (Phi) is 4.23. The number of ether oxygens (including phenoxy) is 1. The molecular weight excluding hydrogens is 236 g/mol. The summed E-state index contributed by atoms with van der Waals surface area (Å²) in [6.45, 7) is 8.80. The maximum absolute atomic E-state index is 5.53. The van der Waals surface area contributed by atoms with Crippen LogP contribution in [0.15, 0.2) is 18.2 Å². The van der Waals surface area contributed by atoms with Crippen molar-refractivity contribution < 1.29 is 4.74 Å². The first-order chi connectivity index (χ1) is 8.99. The zero-order valence-electron chi connectivity index (χ0n) is 12.6. The Balaban J connectivity index is 2.20.